The number of nitrogens with one attached hydrogen (secondary N) is 1. The molecule has 1 aliphatic rings. The Bertz CT molecular complexity index is 386. The Morgan fingerprint density at radius 3 is 2.59 bits per heavy atom. The van der Waals surface area contributed by atoms with Crippen molar-refractivity contribution in [1.82, 2.24) is 5.32 Å². The van der Waals surface area contributed by atoms with E-state index in [4.69, 9.17) is 4.74 Å². The first-order chi connectivity index (χ1) is 8.04. The second kappa shape index (κ2) is 4.69. The van der Waals surface area contributed by atoms with Crippen LogP contribution in [-0.4, -0.2) is 13.7 Å². The van der Waals surface area contributed by atoms with Gasteiger partial charge in [-0.05, 0) is 30.4 Å². The van der Waals surface area contributed by atoms with Crippen LogP contribution in [0.2, 0.25) is 0 Å². The van der Waals surface area contributed by atoms with Crippen LogP contribution in [0, 0.1) is 0 Å². The maximum absolute atomic E-state index is 5.68. The zero-order valence-corrected chi connectivity index (χ0v) is 11.3. The predicted octanol–water partition coefficient (Wildman–Crippen LogP) is 3.42. The van der Waals surface area contributed by atoms with Crippen molar-refractivity contribution in [3.05, 3.63) is 29.3 Å². The van der Waals surface area contributed by atoms with E-state index in [1.54, 1.807) is 7.11 Å². The Hall–Kier alpha value is -1.02. The molecule has 2 heteroatoms. The summed E-state index contributed by atoms with van der Waals surface area (Å²) in [6.45, 7) is 7.82. The molecule has 0 saturated carbocycles. The summed E-state index contributed by atoms with van der Waals surface area (Å²) in [5, 5.41) is 3.55. The molecule has 0 radical (unpaired) electrons. The van der Waals surface area contributed by atoms with Gasteiger partial charge >= 0.3 is 0 Å². The molecule has 17 heavy (non-hydrogen) atoms. The number of benzene rings is 1. The number of hydrogen-bond acceptors (Lipinski definition) is 2. The normalized spacial score (nSPS) is 20.6. The summed E-state index contributed by atoms with van der Waals surface area (Å²) >= 11 is 0. The van der Waals surface area contributed by atoms with Gasteiger partial charge in [0.1, 0.15) is 5.75 Å². The van der Waals surface area contributed by atoms with Gasteiger partial charge in [-0.1, -0.05) is 39.0 Å². The Balaban J connectivity index is 2.45. The Morgan fingerprint density at radius 2 is 2.06 bits per heavy atom. The minimum atomic E-state index is 0.125. The van der Waals surface area contributed by atoms with Crippen LogP contribution in [0.5, 0.6) is 5.75 Å². The van der Waals surface area contributed by atoms with Crippen molar-refractivity contribution in [2.45, 2.75) is 45.1 Å². The van der Waals surface area contributed by atoms with E-state index in [-0.39, 0.29) is 5.41 Å². The predicted molar refractivity (Wildman–Crippen MR) is 71.7 cm³/mol. The second-order valence-corrected chi connectivity index (χ2v) is 5.83. The highest BCUT2D eigenvalue weighted by Crippen LogP contribution is 2.38. The van der Waals surface area contributed by atoms with E-state index in [1.165, 1.54) is 24.0 Å². The van der Waals surface area contributed by atoms with E-state index in [0.717, 1.165) is 12.3 Å². The third-order valence-corrected chi connectivity index (χ3v) is 3.49. The summed E-state index contributed by atoms with van der Waals surface area (Å²) in [6.07, 6.45) is 2.47. The largest absolute Gasteiger partial charge is 0.496 e. The molecule has 2 nitrogen and oxygen atoms in total. The molecular formula is C15H23NO. The molecule has 0 amide bonds. The minimum absolute atomic E-state index is 0.125. The molecule has 1 aromatic carbocycles. The van der Waals surface area contributed by atoms with Crippen molar-refractivity contribution < 1.29 is 4.74 Å². The van der Waals surface area contributed by atoms with Crippen LogP contribution in [0.15, 0.2) is 18.2 Å². The first-order valence-electron chi connectivity index (χ1n) is 6.45. The minimum Gasteiger partial charge on any atom is -0.496 e. The summed E-state index contributed by atoms with van der Waals surface area (Å²) in [5.41, 5.74) is 2.74. The summed E-state index contributed by atoms with van der Waals surface area (Å²) in [7, 11) is 1.78. The van der Waals surface area contributed by atoms with E-state index in [9.17, 15) is 0 Å². The number of para-hydroxylation sites is 1. The number of ether oxygens (including phenoxy) is 1. The van der Waals surface area contributed by atoms with Gasteiger partial charge in [-0.25, -0.2) is 0 Å². The molecule has 94 valence electrons. The molecule has 0 bridgehead atoms. The molecular weight excluding hydrogens is 210 g/mol. The van der Waals surface area contributed by atoms with E-state index >= 15 is 0 Å². The van der Waals surface area contributed by atoms with Gasteiger partial charge in [0.05, 0.1) is 7.11 Å². The lowest BCUT2D eigenvalue weighted by Crippen LogP contribution is -2.18. The Kier molecular flexibility index (Phi) is 3.43. The van der Waals surface area contributed by atoms with Gasteiger partial charge in [0.25, 0.3) is 0 Å². The topological polar surface area (TPSA) is 21.3 Å². The monoisotopic (exact) mass is 233 g/mol. The molecule has 1 atom stereocenters. The highest BCUT2D eigenvalue weighted by atomic mass is 16.5. The maximum Gasteiger partial charge on any atom is 0.127 e. The fraction of sp³-hybridized carbons (Fsp3) is 0.600. The first-order valence-corrected chi connectivity index (χ1v) is 6.45. The molecule has 1 unspecified atom stereocenters. The lowest BCUT2D eigenvalue weighted by molar-refractivity contribution is 0.387. The van der Waals surface area contributed by atoms with Crippen molar-refractivity contribution in [3.63, 3.8) is 0 Å². The molecule has 1 N–H and O–H groups in total. The Labute approximate surface area is 104 Å². The van der Waals surface area contributed by atoms with Gasteiger partial charge in [0.15, 0.2) is 0 Å². The smallest absolute Gasteiger partial charge is 0.127 e. The van der Waals surface area contributed by atoms with E-state index in [1.807, 2.05) is 0 Å². The first kappa shape index (κ1) is 12.4. The number of hydrogen-bond donors (Lipinski definition) is 1. The van der Waals surface area contributed by atoms with Crippen molar-refractivity contribution in [2.75, 3.05) is 13.7 Å². The molecule has 1 heterocycles. The number of rotatable bonds is 2. The van der Waals surface area contributed by atoms with Crippen LogP contribution < -0.4 is 10.1 Å². The molecule has 0 aromatic heterocycles. The summed E-state index contributed by atoms with van der Waals surface area (Å²) in [4.78, 5) is 0. The fourth-order valence-corrected chi connectivity index (χ4v) is 2.60. The van der Waals surface area contributed by atoms with E-state index < -0.39 is 0 Å². The highest BCUT2D eigenvalue weighted by Gasteiger charge is 2.25. The van der Waals surface area contributed by atoms with Crippen molar-refractivity contribution in [2.24, 2.45) is 0 Å². The summed E-state index contributed by atoms with van der Waals surface area (Å²) in [5.74, 6) is 1.07. The lowest BCUT2D eigenvalue weighted by Gasteiger charge is -2.25. The molecule has 1 aliphatic heterocycles. The molecule has 1 aromatic rings. The second-order valence-electron chi connectivity index (χ2n) is 5.83. The third-order valence-electron chi connectivity index (χ3n) is 3.49. The SMILES string of the molecule is COc1c(C2CCCN2)cccc1C(C)(C)C. The highest BCUT2D eigenvalue weighted by molar-refractivity contribution is 5.46. The van der Waals surface area contributed by atoms with Gasteiger partial charge in [0, 0.05) is 11.6 Å². The van der Waals surface area contributed by atoms with Crippen LogP contribution >= 0.6 is 0 Å². The lowest BCUT2D eigenvalue weighted by atomic mass is 9.84. The number of methoxy groups -OCH3 is 1. The van der Waals surface area contributed by atoms with Crippen LogP contribution in [0.4, 0.5) is 0 Å². The average Bonchev–Trinajstić information content (AvgIpc) is 2.80. The molecule has 1 saturated heterocycles. The van der Waals surface area contributed by atoms with Crippen molar-refractivity contribution in [1.29, 1.82) is 0 Å². The van der Waals surface area contributed by atoms with Gasteiger partial charge < -0.3 is 10.1 Å². The Morgan fingerprint density at radius 1 is 1.29 bits per heavy atom. The van der Waals surface area contributed by atoms with Crippen molar-refractivity contribution >= 4 is 0 Å². The van der Waals surface area contributed by atoms with Gasteiger partial charge in [-0.15, -0.1) is 0 Å². The molecule has 2 rings (SSSR count). The van der Waals surface area contributed by atoms with Crippen LogP contribution in [0.1, 0.15) is 50.8 Å². The third kappa shape index (κ3) is 2.47. The van der Waals surface area contributed by atoms with Crippen molar-refractivity contribution in [3.8, 4) is 5.75 Å². The maximum atomic E-state index is 5.68. The van der Waals surface area contributed by atoms with Crippen LogP contribution in [-0.2, 0) is 5.41 Å². The van der Waals surface area contributed by atoms with Crippen LogP contribution in [0.25, 0.3) is 0 Å². The zero-order chi connectivity index (χ0) is 12.5. The van der Waals surface area contributed by atoms with Gasteiger partial charge in [-0.3, -0.25) is 0 Å². The summed E-state index contributed by atoms with van der Waals surface area (Å²) < 4.78 is 5.68. The van der Waals surface area contributed by atoms with E-state index in [0.29, 0.717) is 6.04 Å². The van der Waals surface area contributed by atoms with E-state index in [2.05, 4.69) is 44.3 Å². The quantitative estimate of drug-likeness (QED) is 0.845. The zero-order valence-electron chi connectivity index (χ0n) is 11.3. The fourth-order valence-electron chi connectivity index (χ4n) is 2.60. The standard InChI is InChI=1S/C15H23NO/c1-15(2,3)12-8-5-7-11(14(12)17-4)13-9-6-10-16-13/h5,7-8,13,16H,6,9-10H2,1-4H3. The van der Waals surface area contributed by atoms with Gasteiger partial charge in [-0.2, -0.15) is 0 Å². The molecule has 0 aliphatic carbocycles. The van der Waals surface area contributed by atoms with Gasteiger partial charge in [0.2, 0.25) is 0 Å². The van der Waals surface area contributed by atoms with Crippen LogP contribution in [0.3, 0.4) is 0 Å². The molecule has 1 fully saturated rings. The molecule has 0 spiro atoms. The summed E-state index contributed by atoms with van der Waals surface area (Å²) in [6, 6.07) is 6.99. The average molecular weight is 233 g/mol.